The number of halogens is 1. The van der Waals surface area contributed by atoms with Crippen LogP contribution in [0.25, 0.3) is 10.8 Å². The molecule has 2 N–H and O–H groups in total. The van der Waals surface area contributed by atoms with E-state index in [0.717, 1.165) is 10.9 Å². The van der Waals surface area contributed by atoms with Gasteiger partial charge in [0.2, 0.25) is 5.91 Å². The average molecular weight is 262 g/mol. The molecule has 0 radical (unpaired) electrons. The van der Waals surface area contributed by atoms with Crippen molar-refractivity contribution in [1.29, 1.82) is 0 Å². The fourth-order valence-corrected chi connectivity index (χ4v) is 1.98. The Balaban J connectivity index is 0.00000162. The summed E-state index contributed by atoms with van der Waals surface area (Å²) in [6, 6.07) is 12.3. The number of benzene rings is 2. The molecule has 2 nitrogen and oxygen atoms in total. The Kier molecular flexibility index (Phi) is 4.51. The zero-order chi connectivity index (χ0) is 12.4. The maximum Gasteiger partial charge on any atom is 0.244 e. The molecule has 2 rings (SSSR count). The van der Waals surface area contributed by atoms with Gasteiger partial charge in [-0.05, 0) is 28.8 Å². The van der Waals surface area contributed by atoms with Crippen LogP contribution >= 0.6 is 12.4 Å². The molecule has 0 aliphatic rings. The van der Waals surface area contributed by atoms with Crippen LogP contribution in [0.15, 0.2) is 48.6 Å². The van der Waals surface area contributed by atoms with E-state index in [9.17, 15) is 4.79 Å². The van der Waals surface area contributed by atoms with Crippen LogP contribution < -0.4 is 5.73 Å². The second kappa shape index (κ2) is 5.69. The lowest BCUT2D eigenvalue weighted by Gasteiger charge is -2.09. The van der Waals surface area contributed by atoms with Gasteiger partial charge in [0.15, 0.2) is 0 Å². The number of hydrogen-bond acceptors (Lipinski definition) is 1. The third-order valence-electron chi connectivity index (χ3n) is 2.98. The number of primary amides is 1. The van der Waals surface area contributed by atoms with Gasteiger partial charge in [0.05, 0.1) is 0 Å². The van der Waals surface area contributed by atoms with Crippen LogP contribution in [0, 0.1) is 6.92 Å². The molecule has 0 bridgehead atoms. The third-order valence-corrected chi connectivity index (χ3v) is 2.98. The first kappa shape index (κ1) is 14.3. The molecule has 18 heavy (non-hydrogen) atoms. The highest BCUT2D eigenvalue weighted by Crippen LogP contribution is 2.23. The molecule has 0 aliphatic carbocycles. The van der Waals surface area contributed by atoms with E-state index in [4.69, 9.17) is 5.73 Å². The Morgan fingerprint density at radius 1 is 1.17 bits per heavy atom. The van der Waals surface area contributed by atoms with Crippen molar-refractivity contribution in [3.8, 4) is 0 Å². The lowest BCUT2D eigenvalue weighted by molar-refractivity contribution is -0.114. The quantitative estimate of drug-likeness (QED) is 0.848. The number of hydrogen-bond donors (Lipinski definition) is 1. The van der Waals surface area contributed by atoms with Crippen molar-refractivity contribution in [1.82, 2.24) is 0 Å². The van der Waals surface area contributed by atoms with Crippen molar-refractivity contribution in [3.63, 3.8) is 0 Å². The fourth-order valence-electron chi connectivity index (χ4n) is 1.98. The number of nitrogens with two attached hydrogens (primary N) is 1. The highest BCUT2D eigenvalue weighted by molar-refractivity contribution is 5.94. The molecule has 0 spiro atoms. The topological polar surface area (TPSA) is 43.1 Å². The molecule has 1 amide bonds. The molecule has 0 atom stereocenters. The second-order valence-corrected chi connectivity index (χ2v) is 4.23. The first-order valence-electron chi connectivity index (χ1n) is 5.54. The van der Waals surface area contributed by atoms with Crippen LogP contribution in [-0.2, 0) is 11.2 Å². The number of rotatable bonds is 3. The van der Waals surface area contributed by atoms with Gasteiger partial charge in [-0.3, -0.25) is 4.79 Å². The summed E-state index contributed by atoms with van der Waals surface area (Å²) in [4.78, 5) is 11.0. The Labute approximate surface area is 113 Å². The molecule has 0 saturated heterocycles. The molecule has 0 aliphatic heterocycles. The summed E-state index contributed by atoms with van der Waals surface area (Å²) >= 11 is 0. The van der Waals surface area contributed by atoms with E-state index in [1.54, 1.807) is 0 Å². The molecule has 94 valence electrons. The summed E-state index contributed by atoms with van der Waals surface area (Å²) in [5, 5.41) is 2.37. The predicted molar refractivity (Wildman–Crippen MR) is 78.0 cm³/mol. The van der Waals surface area contributed by atoms with E-state index >= 15 is 0 Å². The van der Waals surface area contributed by atoms with E-state index in [0.29, 0.717) is 12.0 Å². The minimum atomic E-state index is -0.436. The Bertz CT molecular complexity index is 604. The number of fused-ring (bicyclic) bond motifs is 1. The van der Waals surface area contributed by atoms with Gasteiger partial charge in [0.25, 0.3) is 0 Å². The maximum absolute atomic E-state index is 11.0. The van der Waals surface area contributed by atoms with Crippen LogP contribution in [0.3, 0.4) is 0 Å². The Hall–Kier alpha value is -1.80. The van der Waals surface area contributed by atoms with E-state index in [1.807, 2.05) is 18.2 Å². The van der Waals surface area contributed by atoms with Crippen LogP contribution in [-0.4, -0.2) is 5.91 Å². The lowest BCUT2D eigenvalue weighted by atomic mass is 9.96. The van der Waals surface area contributed by atoms with E-state index < -0.39 is 5.91 Å². The summed E-state index contributed by atoms with van der Waals surface area (Å²) in [5.41, 5.74) is 7.99. The van der Waals surface area contributed by atoms with Crippen LogP contribution in [0.2, 0.25) is 0 Å². The zero-order valence-corrected chi connectivity index (χ0v) is 11.1. The van der Waals surface area contributed by atoms with E-state index in [1.165, 1.54) is 10.9 Å². The van der Waals surface area contributed by atoms with Crippen LogP contribution in [0.1, 0.15) is 11.1 Å². The summed E-state index contributed by atoms with van der Waals surface area (Å²) in [5.74, 6) is -0.436. The Morgan fingerprint density at radius 3 is 2.39 bits per heavy atom. The van der Waals surface area contributed by atoms with Crippen molar-refractivity contribution >= 4 is 29.1 Å². The van der Waals surface area contributed by atoms with E-state index in [2.05, 4.69) is 31.7 Å². The normalized spacial score (nSPS) is 9.83. The van der Waals surface area contributed by atoms with Gasteiger partial charge in [-0.15, -0.1) is 12.4 Å². The van der Waals surface area contributed by atoms with Crippen molar-refractivity contribution in [2.45, 2.75) is 13.3 Å². The van der Waals surface area contributed by atoms with Gasteiger partial charge < -0.3 is 5.73 Å². The van der Waals surface area contributed by atoms with Crippen molar-refractivity contribution in [2.24, 2.45) is 5.73 Å². The predicted octanol–water partition coefficient (Wildman–Crippen LogP) is 3.15. The molecule has 0 heterocycles. The highest BCUT2D eigenvalue weighted by atomic mass is 35.5. The minimum absolute atomic E-state index is 0. The summed E-state index contributed by atoms with van der Waals surface area (Å²) < 4.78 is 0. The monoisotopic (exact) mass is 261 g/mol. The number of amides is 1. The zero-order valence-electron chi connectivity index (χ0n) is 10.3. The lowest BCUT2D eigenvalue weighted by Crippen LogP contribution is -2.14. The molecule has 3 heteroatoms. The van der Waals surface area contributed by atoms with Crippen molar-refractivity contribution in [3.05, 3.63) is 59.7 Å². The maximum atomic E-state index is 11.0. The van der Waals surface area contributed by atoms with Gasteiger partial charge in [-0.2, -0.15) is 0 Å². The molecular formula is C15H16ClNO. The highest BCUT2D eigenvalue weighted by Gasteiger charge is 2.07. The van der Waals surface area contributed by atoms with Crippen LogP contribution in [0.4, 0.5) is 0 Å². The number of carbonyl (C=O) groups excluding carboxylic acids is 1. The fraction of sp³-hybridized carbons (Fsp3) is 0.133. The number of carbonyl (C=O) groups is 1. The van der Waals surface area contributed by atoms with Gasteiger partial charge in [0, 0.05) is 12.0 Å². The van der Waals surface area contributed by atoms with Gasteiger partial charge in [-0.25, -0.2) is 0 Å². The first-order chi connectivity index (χ1) is 8.09. The smallest absolute Gasteiger partial charge is 0.244 e. The number of aryl methyl sites for hydroxylation is 1. The summed E-state index contributed by atoms with van der Waals surface area (Å²) in [7, 11) is 0. The van der Waals surface area contributed by atoms with Gasteiger partial charge >= 0.3 is 0 Å². The van der Waals surface area contributed by atoms with Gasteiger partial charge in [0.1, 0.15) is 0 Å². The molecule has 0 fully saturated rings. The molecule has 0 unspecified atom stereocenters. The minimum Gasteiger partial charge on any atom is -0.366 e. The average Bonchev–Trinajstić information content (AvgIpc) is 2.33. The third kappa shape index (κ3) is 2.71. The SMILES string of the molecule is C=C(Cc1ccc(C)c2ccccc12)C(N)=O.Cl. The second-order valence-electron chi connectivity index (χ2n) is 4.23. The standard InChI is InChI=1S/C15H15NO.ClH/c1-10-7-8-12(9-11(2)15(16)17)14-6-4-3-5-13(10)14;/h3-8H,2,9H2,1H3,(H2,16,17);1H. The largest absolute Gasteiger partial charge is 0.366 e. The molecule has 0 aromatic heterocycles. The molecule has 2 aromatic rings. The van der Waals surface area contributed by atoms with Crippen LogP contribution in [0.5, 0.6) is 0 Å². The molecular weight excluding hydrogens is 246 g/mol. The molecule has 2 aromatic carbocycles. The van der Waals surface area contributed by atoms with Crippen molar-refractivity contribution < 1.29 is 4.79 Å². The molecule has 0 saturated carbocycles. The van der Waals surface area contributed by atoms with E-state index in [-0.39, 0.29) is 12.4 Å². The summed E-state index contributed by atoms with van der Waals surface area (Å²) in [6.45, 7) is 5.78. The van der Waals surface area contributed by atoms with Gasteiger partial charge in [-0.1, -0.05) is 43.0 Å². The Morgan fingerprint density at radius 2 is 1.78 bits per heavy atom. The summed E-state index contributed by atoms with van der Waals surface area (Å²) in [6.07, 6.45) is 0.510. The van der Waals surface area contributed by atoms with Crippen molar-refractivity contribution in [2.75, 3.05) is 0 Å². The first-order valence-corrected chi connectivity index (χ1v) is 5.54.